The summed E-state index contributed by atoms with van der Waals surface area (Å²) in [4.78, 5) is 16.1. The molecule has 0 aromatic carbocycles. The van der Waals surface area contributed by atoms with Crippen molar-refractivity contribution in [2.45, 2.75) is 46.1 Å². The number of nitrogens with zero attached hydrogens (tertiary/aromatic N) is 2. The van der Waals surface area contributed by atoms with Gasteiger partial charge in [0, 0.05) is 24.8 Å². The standard InChI is InChI=1S/C17H22N2O/c1-17(2)8-6-15-16(7-9-17)19(12-18-15)11-13-4-3-5-14(20)10-13/h6-9,12-13H,3-5,10-11H2,1-2H3. The van der Waals surface area contributed by atoms with Gasteiger partial charge in [-0.2, -0.15) is 0 Å². The van der Waals surface area contributed by atoms with Gasteiger partial charge in [0.05, 0.1) is 17.7 Å². The molecule has 0 radical (unpaired) electrons. The van der Waals surface area contributed by atoms with Gasteiger partial charge in [0.15, 0.2) is 0 Å². The predicted octanol–water partition coefficient (Wildman–Crippen LogP) is 3.71. The van der Waals surface area contributed by atoms with Crippen LogP contribution in [-0.2, 0) is 11.3 Å². The zero-order valence-corrected chi connectivity index (χ0v) is 12.3. The van der Waals surface area contributed by atoms with Gasteiger partial charge in [-0.15, -0.1) is 0 Å². The molecule has 1 atom stereocenters. The first-order valence-corrected chi connectivity index (χ1v) is 7.49. The molecule has 0 bridgehead atoms. The van der Waals surface area contributed by atoms with Crippen LogP contribution in [0.2, 0.25) is 0 Å². The number of fused-ring (bicyclic) bond motifs is 1. The molecule has 106 valence electrons. The predicted molar refractivity (Wildman–Crippen MR) is 81.0 cm³/mol. The summed E-state index contributed by atoms with van der Waals surface area (Å²) in [6, 6.07) is 0. The molecule has 0 aliphatic heterocycles. The molecule has 2 aliphatic carbocycles. The van der Waals surface area contributed by atoms with E-state index >= 15 is 0 Å². The SMILES string of the molecule is CC1(C)C=Cc2ncn(CC3CCCC(=O)C3)c2C=C1. The van der Waals surface area contributed by atoms with Crippen molar-refractivity contribution in [3.05, 3.63) is 29.9 Å². The van der Waals surface area contributed by atoms with E-state index in [1.165, 1.54) is 5.69 Å². The molecule has 1 aromatic rings. The highest BCUT2D eigenvalue weighted by molar-refractivity contribution is 5.79. The second-order valence-electron chi connectivity index (χ2n) is 6.66. The highest BCUT2D eigenvalue weighted by atomic mass is 16.1. The Bertz CT molecular complexity index is 578. The number of carbonyl (C=O) groups excluding carboxylic acids is 1. The molecule has 0 amide bonds. The maximum Gasteiger partial charge on any atom is 0.133 e. The van der Waals surface area contributed by atoms with Gasteiger partial charge < -0.3 is 4.57 Å². The fourth-order valence-electron chi connectivity index (χ4n) is 3.05. The molecule has 2 aliphatic rings. The highest BCUT2D eigenvalue weighted by Crippen LogP contribution is 2.29. The van der Waals surface area contributed by atoms with Crippen molar-refractivity contribution in [2.24, 2.45) is 11.3 Å². The second-order valence-corrected chi connectivity index (χ2v) is 6.66. The van der Waals surface area contributed by atoms with Crippen LogP contribution < -0.4 is 0 Å². The van der Waals surface area contributed by atoms with E-state index in [1.807, 2.05) is 6.33 Å². The van der Waals surface area contributed by atoms with Crippen LogP contribution in [0.4, 0.5) is 0 Å². The van der Waals surface area contributed by atoms with E-state index in [9.17, 15) is 4.79 Å². The van der Waals surface area contributed by atoms with Gasteiger partial charge in [-0.3, -0.25) is 4.79 Å². The number of ketones is 1. The molecule has 1 unspecified atom stereocenters. The first kappa shape index (κ1) is 13.3. The molecule has 1 fully saturated rings. The third-order valence-electron chi connectivity index (χ3n) is 4.29. The van der Waals surface area contributed by atoms with Crippen LogP contribution in [0, 0.1) is 11.3 Å². The van der Waals surface area contributed by atoms with Crippen LogP contribution in [0.5, 0.6) is 0 Å². The average molecular weight is 270 g/mol. The van der Waals surface area contributed by atoms with Crippen molar-refractivity contribution in [1.82, 2.24) is 9.55 Å². The number of allylic oxidation sites excluding steroid dienone is 2. The Labute approximate surface area is 120 Å². The van der Waals surface area contributed by atoms with E-state index in [0.717, 1.165) is 37.9 Å². The highest BCUT2D eigenvalue weighted by Gasteiger charge is 2.22. The molecule has 1 saturated carbocycles. The summed E-state index contributed by atoms with van der Waals surface area (Å²) in [5, 5.41) is 0. The van der Waals surface area contributed by atoms with Crippen molar-refractivity contribution in [2.75, 3.05) is 0 Å². The van der Waals surface area contributed by atoms with Crippen molar-refractivity contribution >= 4 is 17.9 Å². The smallest absolute Gasteiger partial charge is 0.133 e. The van der Waals surface area contributed by atoms with E-state index in [-0.39, 0.29) is 5.41 Å². The van der Waals surface area contributed by atoms with Crippen molar-refractivity contribution in [3.63, 3.8) is 0 Å². The molecule has 0 N–H and O–H groups in total. The van der Waals surface area contributed by atoms with Gasteiger partial charge in [0.25, 0.3) is 0 Å². The number of hydrogen-bond acceptors (Lipinski definition) is 2. The Hall–Kier alpha value is -1.64. The molecule has 3 nitrogen and oxygen atoms in total. The summed E-state index contributed by atoms with van der Waals surface area (Å²) in [6.45, 7) is 5.29. The lowest BCUT2D eigenvalue weighted by Crippen LogP contribution is -2.20. The summed E-state index contributed by atoms with van der Waals surface area (Å²) in [5.74, 6) is 0.896. The maximum absolute atomic E-state index is 11.6. The monoisotopic (exact) mass is 270 g/mol. The summed E-state index contributed by atoms with van der Waals surface area (Å²) in [5.41, 5.74) is 2.28. The van der Waals surface area contributed by atoms with Gasteiger partial charge in [-0.25, -0.2) is 4.98 Å². The lowest BCUT2D eigenvalue weighted by atomic mass is 9.88. The minimum atomic E-state index is 0.0757. The fourth-order valence-corrected chi connectivity index (χ4v) is 3.05. The van der Waals surface area contributed by atoms with Gasteiger partial charge in [-0.1, -0.05) is 26.0 Å². The molecule has 0 spiro atoms. The van der Waals surface area contributed by atoms with E-state index in [2.05, 4.69) is 47.7 Å². The Morgan fingerprint density at radius 3 is 2.95 bits per heavy atom. The van der Waals surface area contributed by atoms with Crippen LogP contribution in [0.25, 0.3) is 12.2 Å². The van der Waals surface area contributed by atoms with Crippen LogP contribution in [0.15, 0.2) is 18.5 Å². The number of aromatic nitrogens is 2. The number of carbonyl (C=O) groups is 1. The summed E-state index contributed by atoms with van der Waals surface area (Å²) < 4.78 is 2.21. The zero-order valence-electron chi connectivity index (χ0n) is 12.3. The second kappa shape index (κ2) is 5.04. The van der Waals surface area contributed by atoms with Crippen molar-refractivity contribution < 1.29 is 4.79 Å². The van der Waals surface area contributed by atoms with Crippen LogP contribution >= 0.6 is 0 Å². The van der Waals surface area contributed by atoms with Crippen molar-refractivity contribution in [3.8, 4) is 0 Å². The molecule has 3 rings (SSSR count). The van der Waals surface area contributed by atoms with Crippen LogP contribution in [0.3, 0.4) is 0 Å². The fraction of sp³-hybridized carbons (Fsp3) is 0.529. The number of rotatable bonds is 2. The molecular weight excluding hydrogens is 248 g/mol. The van der Waals surface area contributed by atoms with E-state index in [0.29, 0.717) is 11.7 Å². The number of imidazole rings is 1. The van der Waals surface area contributed by atoms with Gasteiger partial charge in [-0.05, 0) is 30.9 Å². The molecule has 0 saturated heterocycles. The molecule has 1 aromatic heterocycles. The van der Waals surface area contributed by atoms with Crippen LogP contribution in [-0.4, -0.2) is 15.3 Å². The Balaban J connectivity index is 1.82. The zero-order chi connectivity index (χ0) is 14.2. The normalized spacial score (nSPS) is 24.5. The summed E-state index contributed by atoms with van der Waals surface area (Å²) >= 11 is 0. The van der Waals surface area contributed by atoms with Gasteiger partial charge >= 0.3 is 0 Å². The number of Topliss-reactive ketones (excluding diaryl/α,β-unsaturated/α-hetero) is 1. The Morgan fingerprint density at radius 2 is 2.15 bits per heavy atom. The first-order valence-electron chi connectivity index (χ1n) is 7.49. The lowest BCUT2D eigenvalue weighted by molar-refractivity contribution is -0.121. The van der Waals surface area contributed by atoms with E-state index < -0.39 is 0 Å². The third-order valence-corrected chi connectivity index (χ3v) is 4.29. The minimum Gasteiger partial charge on any atom is -0.330 e. The average Bonchev–Trinajstić information content (AvgIpc) is 2.69. The maximum atomic E-state index is 11.6. The minimum absolute atomic E-state index is 0.0757. The third kappa shape index (κ3) is 2.77. The van der Waals surface area contributed by atoms with E-state index in [1.54, 1.807) is 0 Å². The lowest BCUT2D eigenvalue weighted by Gasteiger charge is -2.21. The number of hydrogen-bond donors (Lipinski definition) is 0. The molecule has 1 heterocycles. The van der Waals surface area contributed by atoms with E-state index in [4.69, 9.17) is 0 Å². The molecule has 20 heavy (non-hydrogen) atoms. The summed E-state index contributed by atoms with van der Waals surface area (Å²) in [6.07, 6.45) is 14.3. The Morgan fingerprint density at radius 1 is 1.35 bits per heavy atom. The quantitative estimate of drug-likeness (QED) is 0.821. The van der Waals surface area contributed by atoms with Crippen LogP contribution in [0.1, 0.15) is 50.9 Å². The summed E-state index contributed by atoms with van der Waals surface area (Å²) in [7, 11) is 0. The topological polar surface area (TPSA) is 34.9 Å². The van der Waals surface area contributed by atoms with Crippen molar-refractivity contribution in [1.29, 1.82) is 0 Å². The molecular formula is C17H22N2O. The molecule has 3 heteroatoms. The Kier molecular flexibility index (Phi) is 3.36. The first-order chi connectivity index (χ1) is 9.53. The van der Waals surface area contributed by atoms with Gasteiger partial charge in [0.1, 0.15) is 5.78 Å². The van der Waals surface area contributed by atoms with Gasteiger partial charge in [0.2, 0.25) is 0 Å². The largest absolute Gasteiger partial charge is 0.330 e.